The van der Waals surface area contributed by atoms with Crippen LogP contribution in [0, 0.1) is 5.41 Å². The first-order chi connectivity index (χ1) is 8.93. The Labute approximate surface area is 118 Å². The van der Waals surface area contributed by atoms with Gasteiger partial charge in [0.2, 0.25) is 5.91 Å². The van der Waals surface area contributed by atoms with Gasteiger partial charge in [0.25, 0.3) is 0 Å². The van der Waals surface area contributed by atoms with Crippen molar-refractivity contribution in [3.63, 3.8) is 0 Å². The number of unbranched alkanes of at least 4 members (excludes halogenated alkanes) is 1. The van der Waals surface area contributed by atoms with Crippen molar-refractivity contribution in [2.75, 3.05) is 26.2 Å². The van der Waals surface area contributed by atoms with Crippen LogP contribution in [-0.4, -0.2) is 43.0 Å². The molecular weight excluding hydrogens is 238 g/mol. The van der Waals surface area contributed by atoms with Gasteiger partial charge in [0, 0.05) is 26.1 Å². The van der Waals surface area contributed by atoms with Crippen LogP contribution in [0.4, 0.5) is 0 Å². The van der Waals surface area contributed by atoms with Crippen LogP contribution in [-0.2, 0) is 4.79 Å². The standard InChI is InChI=1S/C15H31N3O/c1-13(19)17-14-6-10-18(11-7-14)9-5-4-8-15(2,3)12-16/h14H,4-12,16H2,1-3H3,(H,17,19). The van der Waals surface area contributed by atoms with Crippen LogP contribution in [0.1, 0.15) is 52.9 Å². The van der Waals surface area contributed by atoms with E-state index in [1.54, 1.807) is 6.92 Å². The highest BCUT2D eigenvalue weighted by Crippen LogP contribution is 2.21. The minimum Gasteiger partial charge on any atom is -0.354 e. The van der Waals surface area contributed by atoms with E-state index in [1.165, 1.54) is 25.8 Å². The Hall–Kier alpha value is -0.610. The molecule has 0 aliphatic carbocycles. The number of nitrogens with two attached hydrogens (primary N) is 1. The molecule has 3 N–H and O–H groups in total. The molecule has 1 fully saturated rings. The van der Waals surface area contributed by atoms with Gasteiger partial charge in [-0.1, -0.05) is 20.3 Å². The lowest BCUT2D eigenvalue weighted by Gasteiger charge is -2.32. The molecule has 0 bridgehead atoms. The normalized spacial score (nSPS) is 18.5. The predicted octanol–water partition coefficient (Wildman–Crippen LogP) is 1.74. The Morgan fingerprint density at radius 1 is 1.32 bits per heavy atom. The summed E-state index contributed by atoms with van der Waals surface area (Å²) in [6.07, 6.45) is 5.91. The van der Waals surface area contributed by atoms with Crippen molar-refractivity contribution in [1.29, 1.82) is 0 Å². The summed E-state index contributed by atoms with van der Waals surface area (Å²) in [4.78, 5) is 13.5. The van der Waals surface area contributed by atoms with E-state index in [0.717, 1.165) is 32.5 Å². The number of rotatable bonds is 7. The maximum Gasteiger partial charge on any atom is 0.217 e. The zero-order valence-electron chi connectivity index (χ0n) is 12.9. The Balaban J connectivity index is 2.08. The van der Waals surface area contributed by atoms with Gasteiger partial charge >= 0.3 is 0 Å². The van der Waals surface area contributed by atoms with Crippen molar-refractivity contribution < 1.29 is 4.79 Å². The second-order valence-electron chi connectivity index (χ2n) is 6.64. The molecule has 0 atom stereocenters. The van der Waals surface area contributed by atoms with Crippen LogP contribution in [0.15, 0.2) is 0 Å². The van der Waals surface area contributed by atoms with E-state index in [4.69, 9.17) is 5.73 Å². The molecule has 0 spiro atoms. The van der Waals surface area contributed by atoms with Crippen molar-refractivity contribution in [1.82, 2.24) is 10.2 Å². The summed E-state index contributed by atoms with van der Waals surface area (Å²) in [7, 11) is 0. The Bertz CT molecular complexity index is 271. The summed E-state index contributed by atoms with van der Waals surface area (Å²) >= 11 is 0. The SMILES string of the molecule is CC(=O)NC1CCN(CCCCC(C)(C)CN)CC1. The van der Waals surface area contributed by atoms with Gasteiger partial charge in [0.05, 0.1) is 0 Å². The van der Waals surface area contributed by atoms with E-state index < -0.39 is 0 Å². The van der Waals surface area contributed by atoms with Crippen molar-refractivity contribution in [2.45, 2.75) is 58.9 Å². The Morgan fingerprint density at radius 2 is 1.95 bits per heavy atom. The van der Waals surface area contributed by atoms with Gasteiger partial charge in [0.1, 0.15) is 0 Å². The number of amides is 1. The smallest absolute Gasteiger partial charge is 0.217 e. The molecule has 112 valence electrons. The molecule has 4 heteroatoms. The highest BCUT2D eigenvalue weighted by molar-refractivity contribution is 5.73. The van der Waals surface area contributed by atoms with E-state index in [-0.39, 0.29) is 5.91 Å². The van der Waals surface area contributed by atoms with Crippen LogP contribution in [0.2, 0.25) is 0 Å². The molecule has 1 amide bonds. The van der Waals surface area contributed by atoms with Gasteiger partial charge in [-0.25, -0.2) is 0 Å². The van der Waals surface area contributed by atoms with E-state index in [9.17, 15) is 4.79 Å². The maximum atomic E-state index is 11.0. The van der Waals surface area contributed by atoms with Crippen molar-refractivity contribution in [2.24, 2.45) is 11.1 Å². The van der Waals surface area contributed by atoms with E-state index in [1.807, 2.05) is 0 Å². The number of nitrogens with zero attached hydrogens (tertiary/aromatic N) is 1. The van der Waals surface area contributed by atoms with Crippen LogP contribution < -0.4 is 11.1 Å². The number of carbonyl (C=O) groups is 1. The highest BCUT2D eigenvalue weighted by atomic mass is 16.1. The zero-order valence-corrected chi connectivity index (χ0v) is 12.9. The average molecular weight is 269 g/mol. The second kappa shape index (κ2) is 7.85. The molecule has 1 saturated heterocycles. The van der Waals surface area contributed by atoms with E-state index >= 15 is 0 Å². The lowest BCUT2D eigenvalue weighted by molar-refractivity contribution is -0.119. The summed E-state index contributed by atoms with van der Waals surface area (Å²) < 4.78 is 0. The summed E-state index contributed by atoms with van der Waals surface area (Å²) in [5.74, 6) is 0.0995. The van der Waals surface area contributed by atoms with Crippen LogP contribution >= 0.6 is 0 Å². The number of carbonyl (C=O) groups excluding carboxylic acids is 1. The third kappa shape index (κ3) is 6.92. The Morgan fingerprint density at radius 3 is 2.47 bits per heavy atom. The van der Waals surface area contributed by atoms with Gasteiger partial charge < -0.3 is 16.0 Å². The molecule has 0 aromatic carbocycles. The van der Waals surface area contributed by atoms with Crippen molar-refractivity contribution >= 4 is 5.91 Å². The lowest BCUT2D eigenvalue weighted by Crippen LogP contribution is -2.44. The topological polar surface area (TPSA) is 58.4 Å². The third-order valence-electron chi connectivity index (χ3n) is 4.13. The maximum absolute atomic E-state index is 11.0. The van der Waals surface area contributed by atoms with Gasteiger partial charge in [-0.05, 0) is 44.2 Å². The minimum atomic E-state index is 0.0995. The quantitative estimate of drug-likeness (QED) is 0.692. The summed E-state index contributed by atoms with van der Waals surface area (Å²) in [6, 6.07) is 0.393. The number of hydrogen-bond donors (Lipinski definition) is 2. The molecule has 0 aromatic rings. The first-order valence-electron chi connectivity index (χ1n) is 7.62. The number of nitrogens with one attached hydrogen (secondary N) is 1. The molecule has 0 unspecified atom stereocenters. The molecule has 1 rings (SSSR count). The Kier molecular flexibility index (Phi) is 6.80. The summed E-state index contributed by atoms with van der Waals surface area (Å²) in [6.45, 7) is 10.3. The zero-order chi connectivity index (χ0) is 14.3. The molecule has 0 aromatic heterocycles. The van der Waals surface area contributed by atoms with Crippen molar-refractivity contribution in [3.8, 4) is 0 Å². The molecule has 1 heterocycles. The fourth-order valence-electron chi connectivity index (χ4n) is 2.63. The van der Waals surface area contributed by atoms with Gasteiger partial charge in [-0.15, -0.1) is 0 Å². The third-order valence-corrected chi connectivity index (χ3v) is 4.13. The minimum absolute atomic E-state index is 0.0995. The van der Waals surface area contributed by atoms with Crippen LogP contribution in [0.5, 0.6) is 0 Å². The molecule has 0 saturated carbocycles. The number of likely N-dealkylation sites (tertiary alicyclic amines) is 1. The first kappa shape index (κ1) is 16.4. The van der Waals surface area contributed by atoms with Gasteiger partial charge in [-0.3, -0.25) is 4.79 Å². The van der Waals surface area contributed by atoms with Gasteiger partial charge in [0.15, 0.2) is 0 Å². The number of hydrogen-bond acceptors (Lipinski definition) is 3. The second-order valence-corrected chi connectivity index (χ2v) is 6.64. The lowest BCUT2D eigenvalue weighted by atomic mass is 9.87. The highest BCUT2D eigenvalue weighted by Gasteiger charge is 2.19. The fourth-order valence-corrected chi connectivity index (χ4v) is 2.63. The summed E-state index contributed by atoms with van der Waals surface area (Å²) in [5.41, 5.74) is 6.03. The van der Waals surface area contributed by atoms with Crippen molar-refractivity contribution in [3.05, 3.63) is 0 Å². The largest absolute Gasteiger partial charge is 0.354 e. The molecule has 1 aliphatic rings. The predicted molar refractivity (Wildman–Crippen MR) is 80.0 cm³/mol. The van der Waals surface area contributed by atoms with E-state index in [2.05, 4.69) is 24.1 Å². The number of piperidine rings is 1. The van der Waals surface area contributed by atoms with Crippen LogP contribution in [0.25, 0.3) is 0 Å². The monoisotopic (exact) mass is 269 g/mol. The molecule has 4 nitrogen and oxygen atoms in total. The summed E-state index contributed by atoms with van der Waals surface area (Å²) in [5, 5.41) is 3.02. The van der Waals surface area contributed by atoms with Crippen LogP contribution in [0.3, 0.4) is 0 Å². The molecular formula is C15H31N3O. The average Bonchev–Trinajstić information content (AvgIpc) is 2.36. The first-order valence-corrected chi connectivity index (χ1v) is 7.62. The fraction of sp³-hybridized carbons (Fsp3) is 0.933. The molecule has 0 radical (unpaired) electrons. The molecule has 19 heavy (non-hydrogen) atoms. The van der Waals surface area contributed by atoms with Gasteiger partial charge in [-0.2, -0.15) is 0 Å². The van der Waals surface area contributed by atoms with E-state index in [0.29, 0.717) is 11.5 Å². The molecule has 1 aliphatic heterocycles.